The summed E-state index contributed by atoms with van der Waals surface area (Å²) in [5.41, 5.74) is 5.20. The Bertz CT molecular complexity index is 732. The molecular formula is C22H19I. The highest BCUT2D eigenvalue weighted by molar-refractivity contribution is 14.1. The van der Waals surface area contributed by atoms with Crippen LogP contribution in [-0.4, -0.2) is 0 Å². The van der Waals surface area contributed by atoms with E-state index in [0.29, 0.717) is 0 Å². The number of benzene rings is 3. The van der Waals surface area contributed by atoms with E-state index in [-0.39, 0.29) is 5.92 Å². The first-order valence-corrected chi connectivity index (χ1v) is 8.86. The third kappa shape index (κ3) is 4.11. The van der Waals surface area contributed by atoms with Gasteiger partial charge in [0.1, 0.15) is 0 Å². The molecule has 0 saturated heterocycles. The maximum Gasteiger partial charge on any atom is 0.0282 e. The zero-order valence-electron chi connectivity index (χ0n) is 13.1. The second-order valence-corrected chi connectivity index (χ2v) is 6.84. The zero-order valence-corrected chi connectivity index (χ0v) is 15.3. The van der Waals surface area contributed by atoms with Crippen molar-refractivity contribution >= 4 is 26.2 Å². The molecule has 0 bridgehead atoms. The number of hydrogen-bond acceptors (Lipinski definition) is 0. The van der Waals surface area contributed by atoms with Gasteiger partial charge in [0.15, 0.2) is 0 Å². The molecule has 0 fully saturated rings. The first-order valence-electron chi connectivity index (χ1n) is 7.78. The van der Waals surface area contributed by atoms with Gasteiger partial charge in [-0.3, -0.25) is 0 Å². The number of halogens is 1. The molecule has 1 heteroatoms. The zero-order chi connectivity index (χ0) is 16.1. The van der Waals surface area contributed by atoms with Crippen molar-refractivity contribution in [1.82, 2.24) is 0 Å². The first-order chi connectivity index (χ1) is 11.2. The van der Waals surface area contributed by atoms with Gasteiger partial charge >= 0.3 is 0 Å². The fourth-order valence-electron chi connectivity index (χ4n) is 2.66. The van der Waals surface area contributed by atoms with Gasteiger partial charge in [0.05, 0.1) is 0 Å². The van der Waals surface area contributed by atoms with Gasteiger partial charge < -0.3 is 0 Å². The summed E-state index contributed by atoms with van der Waals surface area (Å²) in [6.45, 7) is 2.12. The third-order valence-electron chi connectivity index (χ3n) is 3.96. The van der Waals surface area contributed by atoms with E-state index in [0.717, 1.165) is 0 Å². The summed E-state index contributed by atoms with van der Waals surface area (Å²) in [7, 11) is 0. The predicted molar refractivity (Wildman–Crippen MR) is 108 cm³/mol. The van der Waals surface area contributed by atoms with Gasteiger partial charge in [-0.2, -0.15) is 0 Å². The van der Waals surface area contributed by atoms with Crippen molar-refractivity contribution in [3.8, 4) is 0 Å². The van der Waals surface area contributed by atoms with Gasteiger partial charge in [0.25, 0.3) is 0 Å². The summed E-state index contributed by atoms with van der Waals surface area (Å²) in [6, 6.07) is 30.1. The molecule has 0 N–H and O–H groups in total. The summed E-state index contributed by atoms with van der Waals surface area (Å²) in [5.74, 6) is 0.269. The van der Waals surface area contributed by atoms with Crippen LogP contribution in [0.2, 0.25) is 0 Å². The fraction of sp³-hybridized carbons (Fsp3) is 0.0909. The van der Waals surface area contributed by atoms with Gasteiger partial charge in [0.2, 0.25) is 0 Å². The van der Waals surface area contributed by atoms with Gasteiger partial charge in [-0.1, -0.05) is 96.6 Å². The summed E-state index contributed by atoms with van der Waals surface area (Å²) in [6.07, 6.45) is 2.36. The molecule has 0 aromatic heterocycles. The van der Waals surface area contributed by atoms with Crippen LogP contribution in [0, 0.1) is 6.92 Å². The number of allylic oxidation sites excluding steroid dienone is 1. The molecule has 0 amide bonds. The standard InChI is InChI=1S/C22H19I/c1-17-12-14-20(15-13-17)22(23)16-21(18-8-4-2-5-9-18)19-10-6-3-7-11-19/h2-16,21H,1H3/b22-16+. The maximum absolute atomic E-state index is 2.45. The van der Waals surface area contributed by atoms with E-state index in [1.165, 1.54) is 25.8 Å². The smallest absolute Gasteiger partial charge is 0.0282 e. The molecule has 0 aliphatic heterocycles. The van der Waals surface area contributed by atoms with Crippen LogP contribution in [-0.2, 0) is 0 Å². The number of hydrogen-bond donors (Lipinski definition) is 0. The van der Waals surface area contributed by atoms with Crippen molar-refractivity contribution < 1.29 is 0 Å². The molecule has 0 aliphatic carbocycles. The molecule has 0 saturated carbocycles. The summed E-state index contributed by atoms with van der Waals surface area (Å²) < 4.78 is 1.28. The van der Waals surface area contributed by atoms with E-state index in [9.17, 15) is 0 Å². The monoisotopic (exact) mass is 410 g/mol. The second kappa shape index (κ2) is 7.60. The Morgan fingerprint density at radius 2 is 1.22 bits per heavy atom. The van der Waals surface area contributed by atoms with Crippen molar-refractivity contribution in [1.29, 1.82) is 0 Å². The molecule has 0 radical (unpaired) electrons. The number of rotatable bonds is 4. The highest BCUT2D eigenvalue weighted by Crippen LogP contribution is 2.32. The first kappa shape index (κ1) is 16.0. The Labute approximate surface area is 152 Å². The van der Waals surface area contributed by atoms with Crippen LogP contribution in [0.1, 0.15) is 28.2 Å². The quantitative estimate of drug-likeness (QED) is 0.425. The largest absolute Gasteiger partial charge is 0.0622 e. The molecule has 0 nitrogen and oxygen atoms in total. The molecule has 0 atom stereocenters. The fourth-order valence-corrected chi connectivity index (χ4v) is 3.38. The Morgan fingerprint density at radius 1 is 0.739 bits per heavy atom. The van der Waals surface area contributed by atoms with Crippen molar-refractivity contribution in [2.75, 3.05) is 0 Å². The molecule has 0 aliphatic rings. The van der Waals surface area contributed by atoms with Crippen LogP contribution in [0.25, 0.3) is 3.58 Å². The van der Waals surface area contributed by atoms with Crippen LogP contribution in [0.15, 0.2) is 91.0 Å². The molecule has 3 aromatic carbocycles. The Kier molecular flexibility index (Phi) is 5.29. The van der Waals surface area contributed by atoms with E-state index in [1.54, 1.807) is 0 Å². The van der Waals surface area contributed by atoms with Crippen LogP contribution < -0.4 is 0 Å². The molecule has 23 heavy (non-hydrogen) atoms. The van der Waals surface area contributed by atoms with Crippen molar-refractivity contribution in [3.63, 3.8) is 0 Å². The van der Waals surface area contributed by atoms with Gasteiger partial charge in [0, 0.05) is 9.50 Å². The lowest BCUT2D eigenvalue weighted by Gasteiger charge is -2.15. The molecule has 0 heterocycles. The topological polar surface area (TPSA) is 0 Å². The lowest BCUT2D eigenvalue weighted by molar-refractivity contribution is 1.03. The minimum atomic E-state index is 0.269. The summed E-state index contributed by atoms with van der Waals surface area (Å²) >= 11 is 2.45. The Balaban J connectivity index is 2.02. The second-order valence-electron chi connectivity index (χ2n) is 5.68. The SMILES string of the molecule is Cc1ccc(/C(I)=C\C(c2ccccc2)c2ccccc2)cc1. The van der Waals surface area contributed by atoms with Gasteiger partial charge in [-0.05, 0) is 46.2 Å². The Hall–Kier alpha value is -1.87. The lowest BCUT2D eigenvalue weighted by Crippen LogP contribution is -1.98. The average Bonchev–Trinajstić information content (AvgIpc) is 2.61. The molecule has 0 unspecified atom stereocenters. The van der Waals surface area contributed by atoms with E-state index in [1.807, 2.05) is 0 Å². The molecule has 3 aromatic rings. The van der Waals surface area contributed by atoms with E-state index < -0.39 is 0 Å². The van der Waals surface area contributed by atoms with Gasteiger partial charge in [-0.15, -0.1) is 0 Å². The highest BCUT2D eigenvalue weighted by Gasteiger charge is 2.12. The lowest BCUT2D eigenvalue weighted by atomic mass is 9.90. The van der Waals surface area contributed by atoms with Crippen LogP contribution >= 0.6 is 22.6 Å². The summed E-state index contributed by atoms with van der Waals surface area (Å²) in [4.78, 5) is 0. The molecule has 114 valence electrons. The van der Waals surface area contributed by atoms with Crippen molar-refractivity contribution in [2.24, 2.45) is 0 Å². The molecule has 0 spiro atoms. The predicted octanol–water partition coefficient (Wildman–Crippen LogP) is 6.60. The normalized spacial score (nSPS) is 11.7. The Morgan fingerprint density at radius 3 is 1.70 bits per heavy atom. The van der Waals surface area contributed by atoms with Crippen molar-refractivity contribution in [2.45, 2.75) is 12.8 Å². The molecule has 3 rings (SSSR count). The van der Waals surface area contributed by atoms with E-state index in [4.69, 9.17) is 0 Å². The van der Waals surface area contributed by atoms with E-state index in [2.05, 4.69) is 121 Å². The van der Waals surface area contributed by atoms with Crippen LogP contribution in [0.3, 0.4) is 0 Å². The maximum atomic E-state index is 2.45. The minimum Gasteiger partial charge on any atom is -0.0622 e. The third-order valence-corrected chi connectivity index (χ3v) is 4.94. The van der Waals surface area contributed by atoms with Crippen LogP contribution in [0.4, 0.5) is 0 Å². The van der Waals surface area contributed by atoms with Gasteiger partial charge in [-0.25, -0.2) is 0 Å². The van der Waals surface area contributed by atoms with E-state index >= 15 is 0 Å². The van der Waals surface area contributed by atoms with Crippen LogP contribution in [0.5, 0.6) is 0 Å². The minimum absolute atomic E-state index is 0.269. The van der Waals surface area contributed by atoms with Crippen molar-refractivity contribution in [3.05, 3.63) is 113 Å². The highest BCUT2D eigenvalue weighted by atomic mass is 127. The summed E-state index contributed by atoms with van der Waals surface area (Å²) in [5, 5.41) is 0. The molecular weight excluding hydrogens is 391 g/mol. The average molecular weight is 410 g/mol. The number of aryl methyl sites for hydroxylation is 1.